The lowest BCUT2D eigenvalue weighted by Crippen LogP contribution is -2.05. The SMILES string of the molecule is Nc1nnc(-c2cccc(N/C=C3\C(=O)Nc4ccc5[nH]nnc5c43)c2)o1. The van der Waals surface area contributed by atoms with Gasteiger partial charge in [0.25, 0.3) is 5.91 Å². The van der Waals surface area contributed by atoms with E-state index in [-0.39, 0.29) is 11.9 Å². The van der Waals surface area contributed by atoms with Crippen LogP contribution in [0.25, 0.3) is 28.1 Å². The van der Waals surface area contributed by atoms with Crippen molar-refractivity contribution < 1.29 is 9.21 Å². The van der Waals surface area contributed by atoms with Crippen molar-refractivity contribution in [2.24, 2.45) is 0 Å². The van der Waals surface area contributed by atoms with Gasteiger partial charge in [-0.05, 0) is 30.3 Å². The topological polar surface area (TPSA) is 148 Å². The molecule has 0 aliphatic carbocycles. The fraction of sp³-hybridized carbons (Fsp3) is 0. The summed E-state index contributed by atoms with van der Waals surface area (Å²) < 4.78 is 5.23. The quantitative estimate of drug-likeness (QED) is 0.405. The number of rotatable bonds is 3. The Morgan fingerprint density at radius 1 is 1.15 bits per heavy atom. The summed E-state index contributed by atoms with van der Waals surface area (Å²) in [7, 11) is 0. The highest BCUT2D eigenvalue weighted by atomic mass is 16.4. The van der Waals surface area contributed by atoms with Gasteiger partial charge in [0.2, 0.25) is 5.89 Å². The first-order chi connectivity index (χ1) is 13.2. The molecule has 0 bridgehead atoms. The Morgan fingerprint density at radius 2 is 2.07 bits per heavy atom. The van der Waals surface area contributed by atoms with E-state index in [4.69, 9.17) is 10.2 Å². The third-order valence-corrected chi connectivity index (χ3v) is 4.19. The normalized spacial score (nSPS) is 14.5. The van der Waals surface area contributed by atoms with E-state index in [1.165, 1.54) is 0 Å². The maximum Gasteiger partial charge on any atom is 0.313 e. The summed E-state index contributed by atoms with van der Waals surface area (Å²) in [6.45, 7) is 0. The van der Waals surface area contributed by atoms with Crippen molar-refractivity contribution in [2.45, 2.75) is 0 Å². The molecule has 10 heteroatoms. The summed E-state index contributed by atoms with van der Waals surface area (Å²) in [5.41, 5.74) is 10.2. The number of nitrogens with one attached hydrogen (secondary N) is 3. The Kier molecular flexibility index (Phi) is 3.16. The smallest absolute Gasteiger partial charge is 0.313 e. The standard InChI is InChI=1S/C17H12N8O2/c18-17-24-23-16(27-17)8-2-1-3-9(6-8)19-7-10-13-11(20-15(10)26)4-5-12-14(13)22-25-21-12/h1-7,19H,(H2,18,24)(H,20,26)(H,21,22,25)/b10-7-. The molecule has 132 valence electrons. The summed E-state index contributed by atoms with van der Waals surface area (Å²) in [4.78, 5) is 12.4. The molecule has 1 aliphatic rings. The fourth-order valence-corrected chi connectivity index (χ4v) is 2.98. The minimum absolute atomic E-state index is 0.00124. The second-order valence-electron chi connectivity index (χ2n) is 5.88. The molecule has 5 rings (SSSR count). The monoisotopic (exact) mass is 360 g/mol. The molecular weight excluding hydrogens is 348 g/mol. The van der Waals surface area contributed by atoms with Crippen LogP contribution >= 0.6 is 0 Å². The van der Waals surface area contributed by atoms with Crippen LogP contribution in [0.2, 0.25) is 0 Å². The van der Waals surface area contributed by atoms with Crippen LogP contribution in [-0.4, -0.2) is 31.5 Å². The molecule has 2 aromatic heterocycles. The number of hydrogen-bond donors (Lipinski definition) is 4. The van der Waals surface area contributed by atoms with Gasteiger partial charge in [-0.1, -0.05) is 16.4 Å². The zero-order chi connectivity index (χ0) is 18.4. The van der Waals surface area contributed by atoms with Crippen LogP contribution in [0.15, 0.2) is 47.0 Å². The Balaban J connectivity index is 1.50. The Labute approximate surface area is 151 Å². The van der Waals surface area contributed by atoms with E-state index in [0.717, 1.165) is 11.2 Å². The molecule has 27 heavy (non-hydrogen) atoms. The lowest BCUT2D eigenvalue weighted by Gasteiger charge is -2.04. The number of nitrogens with zero attached hydrogens (tertiary/aromatic N) is 4. The van der Waals surface area contributed by atoms with Crippen LogP contribution in [0.1, 0.15) is 5.56 Å². The molecule has 4 aromatic rings. The fourth-order valence-electron chi connectivity index (χ4n) is 2.98. The summed E-state index contributed by atoms with van der Waals surface area (Å²) >= 11 is 0. The van der Waals surface area contributed by atoms with Crippen molar-refractivity contribution in [1.82, 2.24) is 25.6 Å². The van der Waals surface area contributed by atoms with E-state index in [0.29, 0.717) is 33.8 Å². The number of nitrogen functional groups attached to an aromatic ring is 1. The number of fused-ring (bicyclic) bond motifs is 3. The van der Waals surface area contributed by atoms with Gasteiger partial charge >= 0.3 is 6.01 Å². The predicted molar refractivity (Wildman–Crippen MR) is 98.3 cm³/mol. The molecule has 0 saturated heterocycles. The lowest BCUT2D eigenvalue weighted by atomic mass is 10.1. The van der Waals surface area contributed by atoms with Crippen LogP contribution in [0.3, 0.4) is 0 Å². The highest BCUT2D eigenvalue weighted by Gasteiger charge is 2.27. The maximum atomic E-state index is 12.4. The Morgan fingerprint density at radius 3 is 2.93 bits per heavy atom. The van der Waals surface area contributed by atoms with Gasteiger partial charge in [-0.15, -0.1) is 10.2 Å². The van der Waals surface area contributed by atoms with Crippen LogP contribution < -0.4 is 16.4 Å². The van der Waals surface area contributed by atoms with Gasteiger partial charge in [0.1, 0.15) is 5.52 Å². The van der Waals surface area contributed by atoms with Gasteiger partial charge in [0.05, 0.1) is 16.8 Å². The summed E-state index contributed by atoms with van der Waals surface area (Å²) in [5.74, 6) is 0.103. The number of aromatic amines is 1. The van der Waals surface area contributed by atoms with E-state index >= 15 is 0 Å². The highest BCUT2D eigenvalue weighted by molar-refractivity contribution is 6.34. The largest absolute Gasteiger partial charge is 0.404 e. The van der Waals surface area contributed by atoms with Crippen LogP contribution in [0, 0.1) is 0 Å². The molecule has 5 N–H and O–H groups in total. The summed E-state index contributed by atoms with van der Waals surface area (Å²) in [6, 6.07) is 11.0. The second-order valence-corrected chi connectivity index (χ2v) is 5.88. The molecule has 0 spiro atoms. The lowest BCUT2D eigenvalue weighted by molar-refractivity contribution is -0.110. The molecule has 0 unspecified atom stereocenters. The van der Waals surface area contributed by atoms with E-state index in [1.807, 2.05) is 36.4 Å². The molecule has 2 aromatic carbocycles. The average molecular weight is 360 g/mol. The van der Waals surface area contributed by atoms with Gasteiger partial charge < -0.3 is 20.8 Å². The first kappa shape index (κ1) is 15.1. The maximum absolute atomic E-state index is 12.4. The molecule has 0 radical (unpaired) electrons. The first-order valence-electron chi connectivity index (χ1n) is 8.00. The van der Waals surface area contributed by atoms with E-state index in [1.54, 1.807) is 6.20 Å². The number of carbonyl (C=O) groups is 1. The summed E-state index contributed by atoms with van der Waals surface area (Å²) in [6.07, 6.45) is 1.64. The van der Waals surface area contributed by atoms with Crippen LogP contribution in [-0.2, 0) is 4.79 Å². The Hall–Kier alpha value is -4.21. The van der Waals surface area contributed by atoms with Gasteiger partial charge in [-0.3, -0.25) is 9.89 Å². The van der Waals surface area contributed by atoms with Crippen molar-refractivity contribution in [3.05, 3.63) is 48.2 Å². The summed E-state index contributed by atoms with van der Waals surface area (Å²) in [5, 5.41) is 24.2. The number of nitrogens with two attached hydrogens (primary N) is 1. The molecule has 0 atom stereocenters. The predicted octanol–water partition coefficient (Wildman–Crippen LogP) is 2.00. The minimum Gasteiger partial charge on any atom is -0.404 e. The second kappa shape index (κ2) is 5.66. The number of H-pyrrole nitrogens is 1. The highest BCUT2D eigenvalue weighted by Crippen LogP contribution is 2.36. The molecule has 0 saturated carbocycles. The van der Waals surface area contributed by atoms with Crippen LogP contribution in [0.5, 0.6) is 0 Å². The van der Waals surface area contributed by atoms with Gasteiger partial charge in [-0.2, -0.15) is 0 Å². The number of anilines is 3. The number of amides is 1. The van der Waals surface area contributed by atoms with Gasteiger partial charge in [0, 0.05) is 23.0 Å². The van der Waals surface area contributed by atoms with Gasteiger partial charge in [-0.25, -0.2) is 0 Å². The number of hydrogen-bond acceptors (Lipinski definition) is 8. The molecule has 3 heterocycles. The number of carbonyl (C=O) groups excluding carboxylic acids is 1. The van der Waals surface area contributed by atoms with Gasteiger partial charge in [0.15, 0.2) is 0 Å². The minimum atomic E-state index is -0.214. The van der Waals surface area contributed by atoms with Crippen molar-refractivity contribution in [1.29, 1.82) is 0 Å². The van der Waals surface area contributed by atoms with E-state index in [2.05, 4.69) is 36.2 Å². The molecule has 1 amide bonds. The van der Waals surface area contributed by atoms with Crippen molar-refractivity contribution >= 4 is 39.9 Å². The molecule has 0 fully saturated rings. The zero-order valence-electron chi connectivity index (χ0n) is 13.7. The van der Waals surface area contributed by atoms with E-state index in [9.17, 15) is 4.79 Å². The number of benzene rings is 2. The first-order valence-corrected chi connectivity index (χ1v) is 8.00. The van der Waals surface area contributed by atoms with Crippen molar-refractivity contribution in [2.75, 3.05) is 16.4 Å². The Bertz CT molecular complexity index is 1220. The molecule has 1 aliphatic heterocycles. The van der Waals surface area contributed by atoms with Crippen molar-refractivity contribution in [3.8, 4) is 11.5 Å². The number of aromatic nitrogens is 5. The average Bonchev–Trinajstić information content (AvgIpc) is 3.38. The zero-order valence-corrected chi connectivity index (χ0v) is 13.7. The molecule has 10 nitrogen and oxygen atoms in total. The van der Waals surface area contributed by atoms with Crippen LogP contribution in [0.4, 0.5) is 17.4 Å². The van der Waals surface area contributed by atoms with Crippen molar-refractivity contribution in [3.63, 3.8) is 0 Å². The molecular formula is C17H12N8O2. The third-order valence-electron chi connectivity index (χ3n) is 4.19. The third kappa shape index (κ3) is 2.47. The van der Waals surface area contributed by atoms with E-state index < -0.39 is 0 Å².